The van der Waals surface area contributed by atoms with E-state index in [9.17, 15) is 4.39 Å². The Morgan fingerprint density at radius 3 is 2.59 bits per heavy atom. The number of benzene rings is 1. The molecule has 1 unspecified atom stereocenters. The van der Waals surface area contributed by atoms with Crippen LogP contribution < -0.4 is 0 Å². The zero-order valence-corrected chi connectivity index (χ0v) is 11.4. The van der Waals surface area contributed by atoms with E-state index in [0.717, 1.165) is 11.0 Å². The first-order valence-corrected chi connectivity index (χ1v) is 6.11. The molecule has 0 aliphatic heterocycles. The number of aromatic nitrogens is 2. The molecule has 2 rings (SSSR count). The van der Waals surface area contributed by atoms with Crippen molar-refractivity contribution in [3.05, 3.63) is 28.8 Å². The molecular weight excluding hydrogens is 235 g/mol. The maximum atomic E-state index is 13.1. The van der Waals surface area contributed by atoms with Gasteiger partial charge in [0.05, 0.1) is 11.0 Å². The molecule has 1 heterocycles. The summed E-state index contributed by atoms with van der Waals surface area (Å²) >= 11 is 5.33. The van der Waals surface area contributed by atoms with Gasteiger partial charge in [-0.1, -0.05) is 20.8 Å². The number of aromatic amines is 1. The second-order valence-corrected chi connectivity index (χ2v) is 5.89. The molecule has 0 aliphatic rings. The largest absolute Gasteiger partial charge is 0.330 e. The number of nitrogens with zero attached hydrogens (tertiary/aromatic N) is 1. The van der Waals surface area contributed by atoms with E-state index in [1.54, 1.807) is 6.07 Å². The molecule has 1 aromatic carbocycles. The quantitative estimate of drug-likeness (QED) is 0.744. The number of H-pyrrole nitrogens is 1. The van der Waals surface area contributed by atoms with Gasteiger partial charge in [0.15, 0.2) is 4.77 Å². The number of rotatable bonds is 1. The summed E-state index contributed by atoms with van der Waals surface area (Å²) < 4.78 is 15.9. The Balaban J connectivity index is 2.70. The summed E-state index contributed by atoms with van der Waals surface area (Å²) in [5, 5.41) is 0. The van der Waals surface area contributed by atoms with E-state index in [-0.39, 0.29) is 17.3 Å². The van der Waals surface area contributed by atoms with Crippen LogP contribution in [0, 0.1) is 16.0 Å². The predicted molar refractivity (Wildman–Crippen MR) is 71.2 cm³/mol. The first-order chi connectivity index (χ1) is 7.80. The van der Waals surface area contributed by atoms with E-state index in [2.05, 4.69) is 37.2 Å². The Morgan fingerprint density at radius 2 is 2.00 bits per heavy atom. The first kappa shape index (κ1) is 12.3. The number of halogens is 1. The van der Waals surface area contributed by atoms with Gasteiger partial charge in [-0.05, 0) is 42.8 Å². The van der Waals surface area contributed by atoms with Gasteiger partial charge in [0.1, 0.15) is 5.82 Å². The van der Waals surface area contributed by atoms with E-state index in [1.165, 1.54) is 12.1 Å². The third kappa shape index (κ3) is 2.14. The van der Waals surface area contributed by atoms with E-state index >= 15 is 0 Å². The number of nitrogens with one attached hydrogen (secondary N) is 1. The van der Waals surface area contributed by atoms with Crippen LogP contribution in [0.1, 0.15) is 33.7 Å². The Bertz CT molecular complexity index is 604. The van der Waals surface area contributed by atoms with Gasteiger partial charge < -0.3 is 9.55 Å². The summed E-state index contributed by atoms with van der Waals surface area (Å²) in [4.78, 5) is 3.06. The van der Waals surface area contributed by atoms with Crippen LogP contribution in [-0.4, -0.2) is 9.55 Å². The summed E-state index contributed by atoms with van der Waals surface area (Å²) in [6.45, 7) is 8.64. The second kappa shape index (κ2) is 3.95. The molecule has 4 heteroatoms. The van der Waals surface area contributed by atoms with Crippen molar-refractivity contribution in [2.45, 2.75) is 33.7 Å². The van der Waals surface area contributed by atoms with Crippen molar-refractivity contribution in [3.63, 3.8) is 0 Å². The van der Waals surface area contributed by atoms with Crippen LogP contribution in [0.5, 0.6) is 0 Å². The highest BCUT2D eigenvalue weighted by Gasteiger charge is 2.23. The predicted octanol–water partition coefficient (Wildman–Crippen LogP) is 4.45. The van der Waals surface area contributed by atoms with Crippen molar-refractivity contribution in [2.75, 3.05) is 0 Å². The van der Waals surface area contributed by atoms with Gasteiger partial charge in [0.2, 0.25) is 0 Å². The van der Waals surface area contributed by atoms with Gasteiger partial charge in [0, 0.05) is 6.04 Å². The third-order valence-electron chi connectivity index (χ3n) is 3.32. The highest BCUT2D eigenvalue weighted by Crippen LogP contribution is 2.32. The smallest absolute Gasteiger partial charge is 0.178 e. The van der Waals surface area contributed by atoms with Crippen molar-refractivity contribution < 1.29 is 4.39 Å². The maximum absolute atomic E-state index is 13.1. The van der Waals surface area contributed by atoms with Crippen molar-refractivity contribution in [3.8, 4) is 0 Å². The number of hydrogen-bond acceptors (Lipinski definition) is 1. The molecule has 92 valence electrons. The summed E-state index contributed by atoms with van der Waals surface area (Å²) in [7, 11) is 0. The fourth-order valence-electron chi connectivity index (χ4n) is 1.88. The minimum atomic E-state index is -0.246. The lowest BCUT2D eigenvalue weighted by Crippen LogP contribution is -2.21. The summed E-state index contributed by atoms with van der Waals surface area (Å²) in [5.74, 6) is -0.246. The van der Waals surface area contributed by atoms with E-state index in [4.69, 9.17) is 12.2 Å². The zero-order valence-electron chi connectivity index (χ0n) is 10.5. The lowest BCUT2D eigenvalue weighted by Gasteiger charge is -2.29. The van der Waals surface area contributed by atoms with Crippen LogP contribution in [0.15, 0.2) is 18.2 Å². The Kier molecular flexibility index (Phi) is 2.86. The molecule has 2 nitrogen and oxygen atoms in total. The van der Waals surface area contributed by atoms with E-state index in [1.807, 2.05) is 0 Å². The van der Waals surface area contributed by atoms with Gasteiger partial charge in [0.25, 0.3) is 0 Å². The molecule has 17 heavy (non-hydrogen) atoms. The summed E-state index contributed by atoms with van der Waals surface area (Å²) in [6.07, 6.45) is 0. The highest BCUT2D eigenvalue weighted by atomic mass is 32.1. The summed E-state index contributed by atoms with van der Waals surface area (Å²) in [6, 6.07) is 4.97. The SMILES string of the molecule is CC(n1c(=S)[nH]c2cc(F)ccc21)C(C)(C)C. The van der Waals surface area contributed by atoms with Crippen molar-refractivity contribution in [1.29, 1.82) is 0 Å². The van der Waals surface area contributed by atoms with Crippen LogP contribution in [0.4, 0.5) is 4.39 Å². The topological polar surface area (TPSA) is 20.7 Å². The maximum Gasteiger partial charge on any atom is 0.178 e. The molecule has 0 aliphatic carbocycles. The molecule has 0 amide bonds. The molecule has 0 radical (unpaired) electrons. The molecule has 0 saturated carbocycles. The van der Waals surface area contributed by atoms with Crippen LogP contribution >= 0.6 is 12.2 Å². The van der Waals surface area contributed by atoms with Gasteiger partial charge >= 0.3 is 0 Å². The molecule has 0 spiro atoms. The molecular formula is C13H17FN2S. The average molecular weight is 252 g/mol. The fraction of sp³-hybridized carbons (Fsp3) is 0.462. The molecule has 1 aromatic heterocycles. The minimum Gasteiger partial charge on any atom is -0.330 e. The van der Waals surface area contributed by atoms with Gasteiger partial charge in [-0.25, -0.2) is 4.39 Å². The molecule has 0 saturated heterocycles. The Morgan fingerprint density at radius 1 is 1.35 bits per heavy atom. The average Bonchev–Trinajstić information content (AvgIpc) is 2.50. The number of hydrogen-bond donors (Lipinski definition) is 1. The van der Waals surface area contributed by atoms with Crippen LogP contribution in [0.3, 0.4) is 0 Å². The Hall–Kier alpha value is -1.16. The standard InChI is InChI=1S/C13H17FN2S/c1-8(13(2,3)4)16-11-6-5-9(14)7-10(11)15-12(16)17/h5-8H,1-4H3,(H,15,17). The van der Waals surface area contributed by atoms with Crippen LogP contribution in [-0.2, 0) is 0 Å². The lowest BCUT2D eigenvalue weighted by molar-refractivity contribution is 0.265. The van der Waals surface area contributed by atoms with Crippen molar-refractivity contribution >= 4 is 23.3 Å². The first-order valence-electron chi connectivity index (χ1n) is 5.70. The lowest BCUT2D eigenvalue weighted by atomic mass is 9.88. The normalized spacial score (nSPS) is 14.2. The van der Waals surface area contributed by atoms with Crippen molar-refractivity contribution in [1.82, 2.24) is 9.55 Å². The van der Waals surface area contributed by atoms with Gasteiger partial charge in [-0.3, -0.25) is 0 Å². The fourth-order valence-corrected chi connectivity index (χ4v) is 2.24. The molecule has 1 N–H and O–H groups in total. The zero-order chi connectivity index (χ0) is 12.8. The van der Waals surface area contributed by atoms with E-state index < -0.39 is 0 Å². The van der Waals surface area contributed by atoms with Crippen LogP contribution in [0.2, 0.25) is 0 Å². The second-order valence-electron chi connectivity index (χ2n) is 5.50. The minimum absolute atomic E-state index is 0.0989. The number of imidazole rings is 1. The van der Waals surface area contributed by atoms with Gasteiger partial charge in [-0.15, -0.1) is 0 Å². The number of fused-ring (bicyclic) bond motifs is 1. The van der Waals surface area contributed by atoms with E-state index in [0.29, 0.717) is 4.77 Å². The monoisotopic (exact) mass is 252 g/mol. The van der Waals surface area contributed by atoms with Crippen LogP contribution in [0.25, 0.3) is 11.0 Å². The Labute approximate surface area is 105 Å². The van der Waals surface area contributed by atoms with Crippen molar-refractivity contribution in [2.24, 2.45) is 5.41 Å². The molecule has 0 fully saturated rings. The molecule has 2 aromatic rings. The molecule has 1 atom stereocenters. The summed E-state index contributed by atoms with van der Waals surface area (Å²) in [5.41, 5.74) is 1.81. The molecule has 0 bridgehead atoms. The van der Waals surface area contributed by atoms with Gasteiger partial charge in [-0.2, -0.15) is 0 Å². The highest BCUT2D eigenvalue weighted by molar-refractivity contribution is 7.71. The third-order valence-corrected chi connectivity index (χ3v) is 3.62.